The molecule has 4 nitrogen and oxygen atoms in total. The molecule has 2 N–H and O–H groups in total. The lowest BCUT2D eigenvalue weighted by Gasteiger charge is -2.17. The molecule has 1 aromatic carbocycles. The van der Waals surface area contributed by atoms with Crippen molar-refractivity contribution < 1.29 is 13.6 Å². The van der Waals surface area contributed by atoms with Crippen LogP contribution in [0.4, 0.5) is 20.2 Å². The third-order valence-electron chi connectivity index (χ3n) is 5.76. The van der Waals surface area contributed by atoms with E-state index in [0.29, 0.717) is 12.1 Å². The molecular formula is C24H25F2N3O. The number of allylic oxidation sites excluding steroid dienone is 4. The van der Waals surface area contributed by atoms with Crippen molar-refractivity contribution in [3.8, 4) is 0 Å². The van der Waals surface area contributed by atoms with Crippen molar-refractivity contribution >= 4 is 17.3 Å². The Morgan fingerprint density at radius 2 is 2.10 bits per heavy atom. The van der Waals surface area contributed by atoms with Gasteiger partial charge in [-0.3, -0.25) is 9.78 Å². The second-order valence-corrected chi connectivity index (χ2v) is 7.83. The van der Waals surface area contributed by atoms with Crippen molar-refractivity contribution in [2.45, 2.75) is 51.5 Å². The van der Waals surface area contributed by atoms with Gasteiger partial charge in [-0.1, -0.05) is 23.8 Å². The van der Waals surface area contributed by atoms with Gasteiger partial charge >= 0.3 is 0 Å². The fourth-order valence-corrected chi connectivity index (χ4v) is 4.08. The van der Waals surface area contributed by atoms with Crippen LogP contribution in [0.3, 0.4) is 0 Å². The van der Waals surface area contributed by atoms with Crippen LogP contribution in [0.15, 0.2) is 48.2 Å². The molecule has 1 unspecified atom stereocenters. The predicted octanol–water partition coefficient (Wildman–Crippen LogP) is 5.76. The topological polar surface area (TPSA) is 54.0 Å². The second kappa shape index (κ2) is 8.78. The second-order valence-electron chi connectivity index (χ2n) is 7.83. The van der Waals surface area contributed by atoms with Crippen molar-refractivity contribution in [1.82, 2.24) is 4.98 Å². The molecule has 0 spiro atoms. The first-order valence-electron chi connectivity index (χ1n) is 10.4. The summed E-state index contributed by atoms with van der Waals surface area (Å²) in [5.41, 5.74) is 5.49. The molecule has 1 heterocycles. The molecule has 0 fully saturated rings. The fraction of sp³-hybridized carbons (Fsp3) is 0.333. The smallest absolute Gasteiger partial charge is 0.224 e. The van der Waals surface area contributed by atoms with Gasteiger partial charge in [0, 0.05) is 18.2 Å². The summed E-state index contributed by atoms with van der Waals surface area (Å²) in [7, 11) is 0. The van der Waals surface area contributed by atoms with E-state index in [1.807, 2.05) is 6.92 Å². The molecule has 0 saturated heterocycles. The normalized spacial score (nSPS) is 17.4. The minimum atomic E-state index is -0.875. The Bertz CT molecular complexity index is 1030. The van der Waals surface area contributed by atoms with E-state index in [2.05, 4.69) is 33.8 Å². The van der Waals surface area contributed by atoms with Crippen LogP contribution in [-0.4, -0.2) is 10.9 Å². The van der Waals surface area contributed by atoms with Gasteiger partial charge < -0.3 is 10.6 Å². The molecule has 2 aliphatic carbocycles. The number of carbonyl (C=O) groups excluding carboxylic acids is 1. The van der Waals surface area contributed by atoms with E-state index in [4.69, 9.17) is 0 Å². The van der Waals surface area contributed by atoms with E-state index in [0.717, 1.165) is 66.7 Å². The van der Waals surface area contributed by atoms with Gasteiger partial charge in [0.1, 0.15) is 0 Å². The Hall–Kier alpha value is -3.02. The summed E-state index contributed by atoms with van der Waals surface area (Å²) in [5.74, 6) is -1.76. The van der Waals surface area contributed by atoms with Crippen LogP contribution in [0.1, 0.15) is 55.0 Å². The van der Waals surface area contributed by atoms with Crippen molar-refractivity contribution in [2.24, 2.45) is 0 Å². The van der Waals surface area contributed by atoms with Gasteiger partial charge in [-0.15, -0.1) is 0 Å². The number of hydrogen-bond donors (Lipinski definition) is 2. The van der Waals surface area contributed by atoms with Gasteiger partial charge in [0.05, 0.1) is 23.6 Å². The number of anilines is 2. The summed E-state index contributed by atoms with van der Waals surface area (Å²) in [6, 6.07) is 3.73. The lowest BCUT2D eigenvalue weighted by molar-refractivity contribution is -0.116. The van der Waals surface area contributed by atoms with Crippen LogP contribution >= 0.6 is 0 Å². The first-order valence-corrected chi connectivity index (χ1v) is 10.4. The highest BCUT2D eigenvalue weighted by Crippen LogP contribution is 2.36. The zero-order chi connectivity index (χ0) is 21.1. The van der Waals surface area contributed by atoms with Gasteiger partial charge in [0.2, 0.25) is 5.91 Å². The minimum absolute atomic E-state index is 0.0193. The Morgan fingerprint density at radius 1 is 1.23 bits per heavy atom. The van der Waals surface area contributed by atoms with Crippen LogP contribution in [0.5, 0.6) is 0 Å². The Balaban J connectivity index is 1.41. The molecule has 0 aliphatic heterocycles. The first-order chi connectivity index (χ1) is 14.5. The summed E-state index contributed by atoms with van der Waals surface area (Å²) in [5, 5.41) is 6.23. The maximum atomic E-state index is 13.5. The number of carbonyl (C=O) groups is 1. The van der Waals surface area contributed by atoms with E-state index in [-0.39, 0.29) is 11.9 Å². The van der Waals surface area contributed by atoms with Gasteiger partial charge in [0.15, 0.2) is 11.6 Å². The quantitative estimate of drug-likeness (QED) is 0.637. The van der Waals surface area contributed by atoms with E-state index < -0.39 is 11.6 Å². The largest absolute Gasteiger partial charge is 0.377 e. The molecular weight excluding hydrogens is 384 g/mol. The number of nitrogens with one attached hydrogen (secondary N) is 2. The predicted molar refractivity (Wildman–Crippen MR) is 114 cm³/mol. The molecule has 1 atom stereocenters. The minimum Gasteiger partial charge on any atom is -0.377 e. The van der Waals surface area contributed by atoms with Gasteiger partial charge in [-0.25, -0.2) is 8.78 Å². The zero-order valence-electron chi connectivity index (χ0n) is 17.0. The molecule has 4 rings (SSSR count). The summed E-state index contributed by atoms with van der Waals surface area (Å²) < 4.78 is 26.6. The van der Waals surface area contributed by atoms with Crippen LogP contribution < -0.4 is 10.6 Å². The van der Waals surface area contributed by atoms with Crippen molar-refractivity contribution in [1.29, 1.82) is 0 Å². The number of aromatic nitrogens is 1. The Labute approximate surface area is 175 Å². The number of benzene rings is 1. The first kappa shape index (κ1) is 20.3. The van der Waals surface area contributed by atoms with Crippen LogP contribution in [-0.2, 0) is 11.2 Å². The average Bonchev–Trinajstić information content (AvgIpc) is 3.15. The number of amides is 1. The Kier molecular flexibility index (Phi) is 5.93. The van der Waals surface area contributed by atoms with Crippen molar-refractivity contribution in [2.75, 3.05) is 10.6 Å². The highest BCUT2D eigenvalue weighted by molar-refractivity contribution is 5.91. The Morgan fingerprint density at radius 3 is 2.87 bits per heavy atom. The molecule has 1 aromatic heterocycles. The lowest BCUT2D eigenvalue weighted by Crippen LogP contribution is -2.14. The molecule has 2 aromatic rings. The van der Waals surface area contributed by atoms with Gasteiger partial charge in [-0.2, -0.15) is 0 Å². The van der Waals surface area contributed by atoms with Crippen LogP contribution in [0.2, 0.25) is 0 Å². The number of rotatable bonds is 6. The molecule has 30 heavy (non-hydrogen) atoms. The van der Waals surface area contributed by atoms with Crippen LogP contribution in [0, 0.1) is 18.6 Å². The molecule has 156 valence electrons. The van der Waals surface area contributed by atoms with Gasteiger partial charge in [0.25, 0.3) is 0 Å². The summed E-state index contributed by atoms with van der Waals surface area (Å²) >= 11 is 0. The highest BCUT2D eigenvalue weighted by Gasteiger charge is 2.27. The number of nitrogens with zero attached hydrogens (tertiary/aromatic N) is 1. The molecule has 0 bridgehead atoms. The molecule has 6 heteroatoms. The third kappa shape index (κ3) is 4.42. The lowest BCUT2D eigenvalue weighted by atomic mass is 10.0. The maximum Gasteiger partial charge on any atom is 0.224 e. The fourth-order valence-electron chi connectivity index (χ4n) is 4.08. The number of hydrogen-bond acceptors (Lipinski definition) is 3. The highest BCUT2D eigenvalue weighted by atomic mass is 19.2. The standard InChI is InChI=1S/C24H25F2N3O/c1-15-18-9-11-21(28-17-8-10-19(25)20(26)13-17)24(18)27-14-22(15)29-23(30)12-7-16-5-3-2-4-6-16/h3,5-6,8,10,13-14,21,28H,2,4,7,9,11-12H2,1H3,(H,29,30). The SMILES string of the molecule is Cc1c(NC(=O)CCC2=CCCC=C2)cnc2c1CCC2Nc1ccc(F)c(F)c1. The zero-order valence-corrected chi connectivity index (χ0v) is 17.0. The maximum absolute atomic E-state index is 13.5. The number of fused-ring (bicyclic) bond motifs is 1. The molecule has 0 saturated carbocycles. The van der Waals surface area contributed by atoms with E-state index >= 15 is 0 Å². The summed E-state index contributed by atoms with van der Waals surface area (Å²) in [6.45, 7) is 1.99. The van der Waals surface area contributed by atoms with E-state index in [9.17, 15) is 13.6 Å². The monoisotopic (exact) mass is 409 g/mol. The number of pyridine rings is 1. The molecule has 0 radical (unpaired) electrons. The van der Waals surface area contributed by atoms with Crippen LogP contribution in [0.25, 0.3) is 0 Å². The van der Waals surface area contributed by atoms with E-state index in [1.165, 1.54) is 11.6 Å². The van der Waals surface area contributed by atoms with Crippen molar-refractivity contribution in [3.05, 3.63) is 76.7 Å². The molecule has 1 amide bonds. The third-order valence-corrected chi connectivity index (χ3v) is 5.76. The molecule has 2 aliphatic rings. The van der Waals surface area contributed by atoms with E-state index in [1.54, 1.807) is 6.20 Å². The number of halogens is 2. The van der Waals surface area contributed by atoms with Gasteiger partial charge in [-0.05, 0) is 62.3 Å². The average molecular weight is 409 g/mol. The summed E-state index contributed by atoms with van der Waals surface area (Å²) in [6.07, 6.45) is 13.0. The van der Waals surface area contributed by atoms with Crippen molar-refractivity contribution in [3.63, 3.8) is 0 Å². The summed E-state index contributed by atoms with van der Waals surface area (Å²) in [4.78, 5) is 17.0.